The molecule has 4 aromatic rings. The number of phosphoric ester groups is 1. The van der Waals surface area contributed by atoms with Crippen LogP contribution in [0, 0.1) is 5.82 Å². The molecule has 3 aliphatic rings. The Bertz CT molecular complexity index is 2060. The van der Waals surface area contributed by atoms with Gasteiger partial charge in [0, 0.05) is 25.9 Å². The Kier molecular flexibility index (Phi) is 9.52. The van der Waals surface area contributed by atoms with Crippen LogP contribution in [-0.4, -0.2) is 90.9 Å². The molecule has 2 N–H and O–H groups in total. The maximum absolute atomic E-state index is 14.6. The monoisotopic (exact) mass is 737 g/mol. The molecule has 14 nitrogen and oxygen atoms in total. The molecule has 7 rings (SSSR count). The standard InChI is InChI=1S/C34H33FN5O9PS/c1-2-13-38-18-31(42)39-26(14-21-3-8-24(9-4-21)49-50(44,45)46)34(43)37(16-23-7-10-25(35)33-32(23)36-19-51-33)17-29(39)40(38)30(41)12-6-22-5-11-27-28(15-22)48-20-47-27/h2-5,7-11,15,19,26,29H,1,6,12-14,16-18,20H2,(H2,44,45,46)/t26-,29-/m0/s1. The number of halogens is 1. The van der Waals surface area contributed by atoms with Crippen LogP contribution in [-0.2, 0) is 38.3 Å². The van der Waals surface area contributed by atoms with E-state index < -0.39 is 25.8 Å². The van der Waals surface area contributed by atoms with E-state index in [1.165, 1.54) is 28.6 Å². The summed E-state index contributed by atoms with van der Waals surface area (Å²) in [5.74, 6) is -0.272. The summed E-state index contributed by atoms with van der Waals surface area (Å²) >= 11 is 1.15. The average Bonchev–Trinajstić information content (AvgIpc) is 3.78. The topological polar surface area (TPSA) is 162 Å². The van der Waals surface area contributed by atoms with Gasteiger partial charge in [0.15, 0.2) is 11.5 Å². The highest BCUT2D eigenvalue weighted by atomic mass is 32.1. The number of aromatic nitrogens is 1. The molecule has 3 aromatic carbocycles. The largest absolute Gasteiger partial charge is 0.524 e. The zero-order valence-corrected chi connectivity index (χ0v) is 28.8. The molecule has 3 aliphatic heterocycles. The Labute approximate surface area is 295 Å². The van der Waals surface area contributed by atoms with Gasteiger partial charge in [-0.3, -0.25) is 24.2 Å². The highest BCUT2D eigenvalue weighted by Gasteiger charge is 2.51. The Hall–Kier alpha value is -4.86. The number of ether oxygens (including phenoxy) is 2. The van der Waals surface area contributed by atoms with E-state index in [-0.39, 0.29) is 69.3 Å². The van der Waals surface area contributed by atoms with Crippen molar-refractivity contribution in [2.24, 2.45) is 0 Å². The van der Waals surface area contributed by atoms with Crippen molar-refractivity contribution in [1.29, 1.82) is 0 Å². The van der Waals surface area contributed by atoms with Gasteiger partial charge >= 0.3 is 7.82 Å². The molecule has 0 bridgehead atoms. The summed E-state index contributed by atoms with van der Waals surface area (Å²) in [5, 5.41) is 3.18. The van der Waals surface area contributed by atoms with Crippen LogP contribution in [0.25, 0.3) is 10.2 Å². The number of thiazole rings is 1. The van der Waals surface area contributed by atoms with E-state index in [1.807, 2.05) is 12.1 Å². The third kappa shape index (κ3) is 7.18. The molecule has 1 aromatic heterocycles. The molecule has 0 aliphatic carbocycles. The number of carbonyl (C=O) groups is 3. The lowest BCUT2D eigenvalue weighted by Gasteiger charge is -2.55. The lowest BCUT2D eigenvalue weighted by atomic mass is 9.98. The second kappa shape index (κ2) is 14.0. The first-order valence-electron chi connectivity index (χ1n) is 16.0. The Morgan fingerprint density at radius 1 is 1.10 bits per heavy atom. The molecule has 0 radical (unpaired) electrons. The molecule has 3 amide bonds. The predicted molar refractivity (Wildman–Crippen MR) is 182 cm³/mol. The van der Waals surface area contributed by atoms with Crippen molar-refractivity contribution >= 4 is 47.1 Å². The maximum atomic E-state index is 14.6. The highest BCUT2D eigenvalue weighted by Crippen LogP contribution is 2.38. The minimum atomic E-state index is -4.79. The third-order valence-corrected chi connectivity index (χ3v) is 10.2. The number of hydrogen-bond acceptors (Lipinski definition) is 10. The number of aryl methyl sites for hydroxylation is 1. The first-order valence-corrected chi connectivity index (χ1v) is 18.4. The van der Waals surface area contributed by atoms with Crippen molar-refractivity contribution in [1.82, 2.24) is 24.8 Å². The van der Waals surface area contributed by atoms with Gasteiger partial charge < -0.3 is 23.8 Å². The molecule has 51 heavy (non-hydrogen) atoms. The summed E-state index contributed by atoms with van der Waals surface area (Å²) in [4.78, 5) is 68.3. The Morgan fingerprint density at radius 2 is 1.86 bits per heavy atom. The van der Waals surface area contributed by atoms with Crippen molar-refractivity contribution in [3.8, 4) is 17.2 Å². The third-order valence-electron chi connectivity index (χ3n) is 8.95. The minimum Gasteiger partial charge on any atom is -0.454 e. The molecule has 2 saturated heterocycles. The van der Waals surface area contributed by atoms with Gasteiger partial charge in [0.1, 0.15) is 23.8 Å². The summed E-state index contributed by atoms with van der Waals surface area (Å²) in [7, 11) is -4.79. The van der Waals surface area contributed by atoms with Gasteiger partial charge in [-0.25, -0.2) is 24.0 Å². The van der Waals surface area contributed by atoms with Crippen molar-refractivity contribution in [3.63, 3.8) is 0 Å². The summed E-state index contributed by atoms with van der Waals surface area (Å²) in [6.07, 6.45) is 1.21. The number of amides is 3. The Balaban J connectivity index is 1.22. The van der Waals surface area contributed by atoms with Gasteiger partial charge in [-0.05, 0) is 53.4 Å². The minimum absolute atomic E-state index is 0.0252. The van der Waals surface area contributed by atoms with E-state index in [9.17, 15) is 33.1 Å². The summed E-state index contributed by atoms with van der Waals surface area (Å²) in [5.41, 5.74) is 4.02. The fourth-order valence-corrected chi connectivity index (χ4v) is 7.85. The van der Waals surface area contributed by atoms with Crippen LogP contribution in [0.1, 0.15) is 23.1 Å². The van der Waals surface area contributed by atoms with Crippen LogP contribution in [0.3, 0.4) is 0 Å². The number of nitrogens with zero attached hydrogens (tertiary/aromatic N) is 5. The number of benzene rings is 3. The molecule has 0 saturated carbocycles. The lowest BCUT2D eigenvalue weighted by Crippen LogP contribution is -2.75. The van der Waals surface area contributed by atoms with Crippen LogP contribution < -0.4 is 14.0 Å². The second-order valence-corrected chi connectivity index (χ2v) is 14.3. The average molecular weight is 738 g/mol. The van der Waals surface area contributed by atoms with E-state index in [0.717, 1.165) is 16.9 Å². The normalized spacial score (nSPS) is 19.1. The summed E-state index contributed by atoms with van der Waals surface area (Å²) in [6, 6.07) is 13.2. The summed E-state index contributed by atoms with van der Waals surface area (Å²) < 4.78 is 41.8. The first kappa shape index (κ1) is 34.6. The molecule has 17 heteroatoms. The first-order chi connectivity index (χ1) is 24.5. The van der Waals surface area contributed by atoms with Crippen LogP contribution in [0.5, 0.6) is 17.2 Å². The van der Waals surface area contributed by atoms with Gasteiger partial charge in [-0.1, -0.05) is 30.3 Å². The number of fused-ring (bicyclic) bond motifs is 3. The van der Waals surface area contributed by atoms with Crippen LogP contribution in [0.15, 0.2) is 72.8 Å². The second-order valence-electron chi connectivity index (χ2n) is 12.2. The van der Waals surface area contributed by atoms with E-state index >= 15 is 0 Å². The number of hydrogen-bond donors (Lipinski definition) is 2. The van der Waals surface area contributed by atoms with Crippen LogP contribution in [0.4, 0.5) is 4.39 Å². The van der Waals surface area contributed by atoms with Crippen LogP contribution >= 0.6 is 19.2 Å². The van der Waals surface area contributed by atoms with Crippen LogP contribution in [0.2, 0.25) is 0 Å². The molecular formula is C34H33FN5O9PS. The quantitative estimate of drug-likeness (QED) is 0.171. The summed E-state index contributed by atoms with van der Waals surface area (Å²) in [6.45, 7) is 4.00. The number of phosphoric acid groups is 1. The zero-order chi connectivity index (χ0) is 35.9. The van der Waals surface area contributed by atoms with E-state index in [2.05, 4.69) is 16.1 Å². The molecule has 2 fully saturated rings. The van der Waals surface area contributed by atoms with Gasteiger partial charge in [0.05, 0.1) is 28.8 Å². The number of piperazine rings is 1. The fraction of sp³-hybridized carbons (Fsp3) is 0.294. The molecule has 0 spiro atoms. The number of hydrazine groups is 1. The lowest BCUT2D eigenvalue weighted by molar-refractivity contribution is -0.205. The van der Waals surface area contributed by atoms with E-state index in [0.29, 0.717) is 39.3 Å². The van der Waals surface area contributed by atoms with Crippen molar-refractivity contribution < 1.29 is 47.1 Å². The molecule has 0 unspecified atom stereocenters. The molecule has 2 atom stereocenters. The SMILES string of the molecule is C=CCN1CC(=O)N2[C@@H](Cc3ccc(OP(=O)(O)O)cc3)C(=O)N(Cc3ccc(F)c4scnc34)C[C@@H]2N1C(=O)CCc1ccc2c(c1)OCO2. The van der Waals surface area contributed by atoms with Crippen molar-refractivity contribution in [3.05, 3.63) is 95.3 Å². The number of carbonyl (C=O) groups excluding carboxylic acids is 3. The predicted octanol–water partition coefficient (Wildman–Crippen LogP) is 3.62. The highest BCUT2D eigenvalue weighted by molar-refractivity contribution is 7.46. The zero-order valence-electron chi connectivity index (χ0n) is 27.1. The molecule has 4 heterocycles. The smallest absolute Gasteiger partial charge is 0.454 e. The molecular weight excluding hydrogens is 704 g/mol. The van der Waals surface area contributed by atoms with Gasteiger partial charge in [0.2, 0.25) is 24.5 Å². The van der Waals surface area contributed by atoms with E-state index in [4.69, 9.17) is 9.47 Å². The van der Waals surface area contributed by atoms with E-state index in [1.54, 1.807) is 45.3 Å². The fourth-order valence-electron chi connectivity index (χ4n) is 6.72. The number of rotatable bonds is 11. The molecule has 266 valence electrons. The van der Waals surface area contributed by atoms with Gasteiger partial charge in [-0.15, -0.1) is 17.9 Å². The maximum Gasteiger partial charge on any atom is 0.524 e. The van der Waals surface area contributed by atoms with Crippen molar-refractivity contribution in [2.75, 3.05) is 26.4 Å². The van der Waals surface area contributed by atoms with Crippen molar-refractivity contribution in [2.45, 2.75) is 38.0 Å². The van der Waals surface area contributed by atoms with Gasteiger partial charge in [0.25, 0.3) is 0 Å². The van der Waals surface area contributed by atoms with Gasteiger partial charge in [-0.2, -0.15) is 0 Å². The Morgan fingerprint density at radius 3 is 2.63 bits per heavy atom.